The van der Waals surface area contributed by atoms with Gasteiger partial charge in [-0.15, -0.1) is 0 Å². The molecule has 0 aliphatic carbocycles. The summed E-state index contributed by atoms with van der Waals surface area (Å²) < 4.78 is 13.1. The summed E-state index contributed by atoms with van der Waals surface area (Å²) in [4.78, 5) is 15.3. The molecule has 0 unspecified atom stereocenters. The predicted molar refractivity (Wildman–Crippen MR) is 121 cm³/mol. The number of halogens is 1. The highest BCUT2D eigenvalue weighted by Crippen LogP contribution is 2.40. The Bertz CT molecular complexity index is 698. The number of hydrogen-bond acceptors (Lipinski definition) is 4. The zero-order chi connectivity index (χ0) is 21.3. The third-order valence-electron chi connectivity index (χ3n) is 6.02. The molecule has 0 radical (unpaired) electrons. The largest absolute Gasteiger partial charge is 0.459 e. The van der Waals surface area contributed by atoms with Gasteiger partial charge in [-0.25, -0.2) is 0 Å². The Hall–Kier alpha value is -1.37. The number of ether oxygens (including phenoxy) is 2. The van der Waals surface area contributed by atoms with Crippen molar-refractivity contribution in [2.75, 3.05) is 26.3 Å². The summed E-state index contributed by atoms with van der Waals surface area (Å²) in [6.45, 7) is 4.16. The molecule has 1 aromatic carbocycles. The fourth-order valence-corrected chi connectivity index (χ4v) is 4.69. The van der Waals surface area contributed by atoms with Crippen LogP contribution in [0.25, 0.3) is 0 Å². The Morgan fingerprint density at radius 2 is 1.83 bits per heavy atom. The van der Waals surface area contributed by atoms with E-state index in [0.717, 1.165) is 42.4 Å². The number of hydrogen-bond donors (Lipinski definition) is 1. The number of allylic oxidation sites excluding steroid dienone is 1. The molecule has 166 valence electrons. The van der Waals surface area contributed by atoms with Gasteiger partial charge in [0, 0.05) is 42.6 Å². The number of rotatable bonds is 7. The van der Waals surface area contributed by atoms with Gasteiger partial charge in [-0.05, 0) is 56.4 Å². The van der Waals surface area contributed by atoms with Crippen molar-refractivity contribution < 1.29 is 19.4 Å². The van der Waals surface area contributed by atoms with Crippen LogP contribution in [0.1, 0.15) is 63.4 Å². The Kier molecular flexibility index (Phi) is 9.22. The first kappa shape index (κ1) is 23.3. The summed E-state index contributed by atoms with van der Waals surface area (Å²) in [5, 5.41) is 9.40. The molecule has 1 saturated heterocycles. The van der Waals surface area contributed by atoms with E-state index in [2.05, 4.69) is 28.1 Å². The second-order valence-corrected chi connectivity index (χ2v) is 9.06. The molecule has 3 atom stereocenters. The first-order valence-electron chi connectivity index (χ1n) is 11.3. The van der Waals surface area contributed by atoms with Crippen molar-refractivity contribution in [2.24, 2.45) is 5.92 Å². The molecule has 5 nitrogen and oxygen atoms in total. The topological polar surface area (TPSA) is 59.0 Å². The number of benzene rings is 1. The van der Waals surface area contributed by atoms with E-state index < -0.39 is 6.29 Å². The minimum absolute atomic E-state index is 0.00339. The molecule has 3 rings (SSSR count). The predicted octanol–water partition coefficient (Wildman–Crippen LogP) is 4.99. The Balaban J connectivity index is 1.90. The monoisotopic (exact) mass is 479 g/mol. The van der Waals surface area contributed by atoms with Crippen LogP contribution in [-0.2, 0) is 14.3 Å². The van der Waals surface area contributed by atoms with E-state index in [-0.39, 0.29) is 24.3 Å². The van der Waals surface area contributed by atoms with Crippen LogP contribution in [0.4, 0.5) is 0 Å². The third-order valence-corrected chi connectivity index (χ3v) is 6.55. The van der Waals surface area contributed by atoms with Crippen LogP contribution in [0, 0.1) is 5.92 Å². The highest BCUT2D eigenvalue weighted by atomic mass is 79.9. The molecular formula is C24H34BrNO4. The van der Waals surface area contributed by atoms with Crippen LogP contribution in [0.2, 0.25) is 0 Å². The van der Waals surface area contributed by atoms with E-state index in [9.17, 15) is 9.90 Å². The Morgan fingerprint density at radius 3 is 2.47 bits per heavy atom. The summed E-state index contributed by atoms with van der Waals surface area (Å²) in [6.07, 6.45) is 8.64. The molecule has 2 aliphatic heterocycles. The lowest BCUT2D eigenvalue weighted by atomic mass is 9.80. The molecule has 1 amide bonds. The van der Waals surface area contributed by atoms with Gasteiger partial charge in [-0.2, -0.15) is 0 Å². The minimum atomic E-state index is -0.492. The van der Waals surface area contributed by atoms with Gasteiger partial charge in [0.1, 0.15) is 0 Å². The van der Waals surface area contributed by atoms with Gasteiger partial charge in [-0.3, -0.25) is 4.79 Å². The molecule has 30 heavy (non-hydrogen) atoms. The number of aliphatic hydroxyl groups is 1. The number of aliphatic hydroxyl groups excluding tert-OH is 1. The highest BCUT2D eigenvalue weighted by molar-refractivity contribution is 9.10. The fraction of sp³-hybridized carbons (Fsp3) is 0.625. The van der Waals surface area contributed by atoms with Gasteiger partial charge >= 0.3 is 0 Å². The Morgan fingerprint density at radius 1 is 1.17 bits per heavy atom. The lowest BCUT2D eigenvalue weighted by Crippen LogP contribution is -2.41. The first-order valence-corrected chi connectivity index (χ1v) is 12.1. The third kappa shape index (κ3) is 6.08. The average Bonchev–Trinajstić information content (AvgIpc) is 2.72. The van der Waals surface area contributed by atoms with Crippen molar-refractivity contribution in [3.05, 3.63) is 46.1 Å². The lowest BCUT2D eigenvalue weighted by Gasteiger charge is -2.38. The number of carbonyl (C=O) groups is 1. The highest BCUT2D eigenvalue weighted by Gasteiger charge is 2.38. The zero-order valence-electron chi connectivity index (χ0n) is 17.9. The van der Waals surface area contributed by atoms with Crippen LogP contribution in [0.5, 0.6) is 0 Å². The number of carbonyl (C=O) groups excluding carboxylic acids is 1. The maximum Gasteiger partial charge on any atom is 0.288 e. The molecule has 6 heteroatoms. The van der Waals surface area contributed by atoms with Crippen molar-refractivity contribution in [1.82, 2.24) is 4.90 Å². The molecule has 0 aromatic heterocycles. The lowest BCUT2D eigenvalue weighted by molar-refractivity contribution is -0.170. The van der Waals surface area contributed by atoms with Crippen LogP contribution in [-0.4, -0.2) is 48.5 Å². The molecule has 2 heterocycles. The maximum absolute atomic E-state index is 13.3. The van der Waals surface area contributed by atoms with Gasteiger partial charge in [0.25, 0.3) is 5.91 Å². The van der Waals surface area contributed by atoms with E-state index in [4.69, 9.17) is 9.47 Å². The van der Waals surface area contributed by atoms with Crippen molar-refractivity contribution in [2.45, 2.75) is 64.1 Å². The maximum atomic E-state index is 13.3. The summed E-state index contributed by atoms with van der Waals surface area (Å²) in [5.74, 6) is 0.428. The van der Waals surface area contributed by atoms with Crippen molar-refractivity contribution in [3.8, 4) is 0 Å². The van der Waals surface area contributed by atoms with Gasteiger partial charge in [0.15, 0.2) is 5.76 Å². The second kappa shape index (κ2) is 11.9. The van der Waals surface area contributed by atoms with Crippen LogP contribution in [0.15, 0.2) is 40.6 Å². The number of likely N-dealkylation sites (tertiary alicyclic amines) is 1. The number of nitrogens with zero attached hydrogens (tertiary/aromatic N) is 1. The van der Waals surface area contributed by atoms with Gasteiger partial charge < -0.3 is 19.5 Å². The average molecular weight is 480 g/mol. The van der Waals surface area contributed by atoms with Crippen LogP contribution < -0.4 is 0 Å². The van der Waals surface area contributed by atoms with E-state index in [1.807, 2.05) is 30.0 Å². The summed E-state index contributed by atoms with van der Waals surface area (Å²) in [6, 6.07) is 8.22. The molecule has 0 bridgehead atoms. The SMILES string of the molecule is CCO[C@@H]1OC(C(=O)N2CCCCCCC2)=C[C@H](c2ccc(Br)cc2)[C@@H]1CCCO. The molecule has 1 N–H and O–H groups in total. The van der Waals surface area contributed by atoms with Gasteiger partial charge in [-0.1, -0.05) is 47.3 Å². The van der Waals surface area contributed by atoms with Crippen LogP contribution in [0.3, 0.4) is 0 Å². The van der Waals surface area contributed by atoms with E-state index in [0.29, 0.717) is 18.8 Å². The van der Waals surface area contributed by atoms with Crippen molar-refractivity contribution in [3.63, 3.8) is 0 Å². The fourth-order valence-electron chi connectivity index (χ4n) is 4.43. The van der Waals surface area contributed by atoms with E-state index >= 15 is 0 Å². The standard InChI is InChI=1S/C24H34BrNO4/c1-2-29-24-20(9-8-16-27)21(18-10-12-19(25)13-11-18)17-22(30-24)23(28)26-14-6-4-3-5-7-15-26/h10-13,17,20-21,24,27H,2-9,14-16H2,1H3/t20-,21+,24+/m0/s1. The summed E-state index contributed by atoms with van der Waals surface area (Å²) >= 11 is 3.51. The van der Waals surface area contributed by atoms with E-state index in [1.165, 1.54) is 19.3 Å². The molecule has 1 fully saturated rings. The molecule has 2 aliphatic rings. The summed E-state index contributed by atoms with van der Waals surface area (Å²) in [5.41, 5.74) is 1.13. The summed E-state index contributed by atoms with van der Waals surface area (Å²) in [7, 11) is 0. The number of amides is 1. The van der Waals surface area contributed by atoms with Crippen molar-refractivity contribution in [1.29, 1.82) is 0 Å². The smallest absolute Gasteiger partial charge is 0.288 e. The van der Waals surface area contributed by atoms with Crippen molar-refractivity contribution >= 4 is 21.8 Å². The van der Waals surface area contributed by atoms with Gasteiger partial charge in [0.05, 0.1) is 0 Å². The normalized spacial score (nSPS) is 25.1. The molecule has 0 spiro atoms. The van der Waals surface area contributed by atoms with E-state index in [1.54, 1.807) is 0 Å². The molecule has 1 aromatic rings. The molecule has 0 saturated carbocycles. The molecular weight excluding hydrogens is 446 g/mol. The Labute approximate surface area is 188 Å². The second-order valence-electron chi connectivity index (χ2n) is 8.14. The zero-order valence-corrected chi connectivity index (χ0v) is 19.5. The first-order chi connectivity index (χ1) is 14.6. The minimum Gasteiger partial charge on any atom is -0.459 e. The van der Waals surface area contributed by atoms with Gasteiger partial charge in [0.2, 0.25) is 6.29 Å². The van der Waals surface area contributed by atoms with Crippen LogP contribution >= 0.6 is 15.9 Å². The quantitative estimate of drug-likeness (QED) is 0.598.